The number of rotatable bonds is 5. The molecule has 1 aromatic heterocycles. The van der Waals surface area contributed by atoms with E-state index in [0.29, 0.717) is 13.1 Å². The van der Waals surface area contributed by atoms with Crippen molar-refractivity contribution in [2.45, 2.75) is 26.4 Å². The van der Waals surface area contributed by atoms with Gasteiger partial charge in [-0.2, -0.15) is 5.10 Å². The summed E-state index contributed by atoms with van der Waals surface area (Å²) in [6, 6.07) is 9.75. The van der Waals surface area contributed by atoms with Crippen LogP contribution in [0, 0.1) is 0 Å². The van der Waals surface area contributed by atoms with Crippen LogP contribution in [0.1, 0.15) is 20.8 Å². The van der Waals surface area contributed by atoms with Gasteiger partial charge in [0.2, 0.25) is 0 Å². The Hall–Kier alpha value is -2.50. The third kappa shape index (κ3) is 4.80. The Labute approximate surface area is 130 Å². The molecule has 0 aliphatic carbocycles. The van der Waals surface area contributed by atoms with Gasteiger partial charge in [-0.25, -0.2) is 9.48 Å². The average molecular weight is 302 g/mol. The molecule has 0 saturated heterocycles. The lowest BCUT2D eigenvalue weighted by molar-refractivity contribution is 0.0530. The normalized spacial score (nSPS) is 11.0. The first-order valence-electron chi connectivity index (χ1n) is 7.25. The molecule has 0 aliphatic rings. The van der Waals surface area contributed by atoms with E-state index in [0.717, 1.165) is 11.4 Å². The van der Waals surface area contributed by atoms with Gasteiger partial charge in [-0.05, 0) is 39.0 Å². The second-order valence-electron chi connectivity index (χ2n) is 5.82. The Morgan fingerprint density at radius 1 is 1.23 bits per heavy atom. The Morgan fingerprint density at radius 3 is 2.68 bits per heavy atom. The van der Waals surface area contributed by atoms with Crippen molar-refractivity contribution in [3.63, 3.8) is 0 Å². The van der Waals surface area contributed by atoms with Crippen molar-refractivity contribution >= 4 is 11.8 Å². The predicted molar refractivity (Wildman–Crippen MR) is 86.3 cm³/mol. The number of ether oxygens (including phenoxy) is 1. The highest BCUT2D eigenvalue weighted by atomic mass is 16.6. The third-order valence-electron chi connectivity index (χ3n) is 2.76. The third-order valence-corrected chi connectivity index (χ3v) is 2.76. The zero-order valence-electron chi connectivity index (χ0n) is 13.2. The van der Waals surface area contributed by atoms with Gasteiger partial charge in [0.15, 0.2) is 0 Å². The highest BCUT2D eigenvalue weighted by Crippen LogP contribution is 2.18. The summed E-state index contributed by atoms with van der Waals surface area (Å²) in [6.07, 6.45) is 3.22. The van der Waals surface area contributed by atoms with Gasteiger partial charge in [-0.15, -0.1) is 0 Å². The number of hydrogen-bond donors (Lipinski definition) is 2. The van der Waals surface area contributed by atoms with Gasteiger partial charge < -0.3 is 15.4 Å². The van der Waals surface area contributed by atoms with Crippen molar-refractivity contribution in [2.75, 3.05) is 18.4 Å². The van der Waals surface area contributed by atoms with E-state index in [1.165, 1.54) is 0 Å². The quantitative estimate of drug-likeness (QED) is 0.833. The number of hydrogen-bond acceptors (Lipinski definition) is 4. The molecule has 22 heavy (non-hydrogen) atoms. The van der Waals surface area contributed by atoms with Gasteiger partial charge in [0.1, 0.15) is 5.60 Å². The second kappa shape index (κ2) is 6.98. The number of nitrogens with one attached hydrogen (secondary N) is 2. The highest BCUT2D eigenvalue weighted by molar-refractivity contribution is 5.67. The summed E-state index contributed by atoms with van der Waals surface area (Å²) in [5.41, 5.74) is 1.44. The summed E-state index contributed by atoms with van der Waals surface area (Å²) in [5.74, 6) is 0. The molecule has 0 atom stereocenters. The summed E-state index contributed by atoms with van der Waals surface area (Å²) in [5, 5.41) is 10.2. The minimum Gasteiger partial charge on any atom is -0.444 e. The van der Waals surface area contributed by atoms with Gasteiger partial charge in [-0.3, -0.25) is 0 Å². The number of amides is 1. The Kier molecular flexibility index (Phi) is 5.04. The SMILES string of the molecule is CC(C)(C)OC(=O)NCCNc1ccccc1-n1cccn1. The minimum atomic E-state index is -0.482. The van der Waals surface area contributed by atoms with Gasteiger partial charge in [0.25, 0.3) is 0 Å². The van der Waals surface area contributed by atoms with Crippen LogP contribution in [-0.4, -0.2) is 34.6 Å². The number of alkyl carbamates (subject to hydrolysis) is 1. The lowest BCUT2D eigenvalue weighted by atomic mass is 10.2. The molecule has 2 rings (SSSR count). The lowest BCUT2D eigenvalue weighted by Crippen LogP contribution is -2.35. The zero-order valence-corrected chi connectivity index (χ0v) is 13.2. The first kappa shape index (κ1) is 15.9. The maximum atomic E-state index is 11.5. The standard InChI is InChI=1S/C16H22N4O2/c1-16(2,3)22-15(21)18-11-10-17-13-7-4-5-8-14(13)20-12-6-9-19-20/h4-9,12,17H,10-11H2,1-3H3,(H,18,21). The summed E-state index contributed by atoms with van der Waals surface area (Å²) in [6.45, 7) is 6.58. The van der Waals surface area contributed by atoms with Crippen LogP contribution in [0.5, 0.6) is 0 Å². The number of para-hydroxylation sites is 2. The van der Waals surface area contributed by atoms with Crippen LogP contribution in [0.2, 0.25) is 0 Å². The maximum absolute atomic E-state index is 11.5. The van der Waals surface area contributed by atoms with E-state index in [1.807, 2.05) is 57.3 Å². The van der Waals surface area contributed by atoms with Crippen molar-refractivity contribution in [2.24, 2.45) is 0 Å². The Bertz CT molecular complexity index is 603. The molecular weight excluding hydrogens is 280 g/mol. The first-order chi connectivity index (χ1) is 10.5. The fraction of sp³-hybridized carbons (Fsp3) is 0.375. The van der Waals surface area contributed by atoms with Gasteiger partial charge in [0.05, 0.1) is 11.4 Å². The number of nitrogens with zero attached hydrogens (tertiary/aromatic N) is 2. The number of carbonyl (C=O) groups is 1. The van der Waals surface area contributed by atoms with E-state index in [2.05, 4.69) is 15.7 Å². The van der Waals surface area contributed by atoms with Crippen LogP contribution >= 0.6 is 0 Å². The van der Waals surface area contributed by atoms with Crippen molar-refractivity contribution in [3.8, 4) is 5.69 Å². The summed E-state index contributed by atoms with van der Waals surface area (Å²) in [4.78, 5) is 11.5. The highest BCUT2D eigenvalue weighted by Gasteiger charge is 2.15. The van der Waals surface area contributed by atoms with Crippen molar-refractivity contribution < 1.29 is 9.53 Å². The molecule has 0 aliphatic heterocycles. The molecule has 0 fully saturated rings. The average Bonchev–Trinajstić information content (AvgIpc) is 2.96. The van der Waals surface area contributed by atoms with E-state index in [1.54, 1.807) is 10.9 Å². The molecule has 0 bridgehead atoms. The second-order valence-corrected chi connectivity index (χ2v) is 5.82. The minimum absolute atomic E-state index is 0.408. The van der Waals surface area contributed by atoms with E-state index >= 15 is 0 Å². The molecule has 1 heterocycles. The fourth-order valence-electron chi connectivity index (χ4n) is 1.91. The summed E-state index contributed by atoms with van der Waals surface area (Å²) >= 11 is 0. The molecule has 0 unspecified atom stereocenters. The van der Waals surface area contributed by atoms with Gasteiger partial charge in [0, 0.05) is 25.5 Å². The fourth-order valence-corrected chi connectivity index (χ4v) is 1.91. The molecule has 0 spiro atoms. The molecule has 6 nitrogen and oxygen atoms in total. The maximum Gasteiger partial charge on any atom is 0.407 e. The molecule has 1 amide bonds. The molecular formula is C16H22N4O2. The number of carbonyl (C=O) groups excluding carboxylic acids is 1. The number of anilines is 1. The van der Waals surface area contributed by atoms with Crippen molar-refractivity contribution in [3.05, 3.63) is 42.7 Å². The zero-order chi connectivity index (χ0) is 16.0. The van der Waals surface area contributed by atoms with E-state index in [-0.39, 0.29) is 0 Å². The molecule has 2 aromatic rings. The largest absolute Gasteiger partial charge is 0.444 e. The van der Waals surface area contributed by atoms with E-state index in [4.69, 9.17) is 4.74 Å². The van der Waals surface area contributed by atoms with Crippen molar-refractivity contribution in [1.29, 1.82) is 0 Å². The molecule has 0 radical (unpaired) electrons. The molecule has 1 aromatic carbocycles. The van der Waals surface area contributed by atoms with Crippen LogP contribution in [-0.2, 0) is 4.74 Å². The van der Waals surface area contributed by atoms with Crippen LogP contribution in [0.15, 0.2) is 42.7 Å². The predicted octanol–water partition coefficient (Wildman–Crippen LogP) is 2.81. The van der Waals surface area contributed by atoms with Crippen LogP contribution in [0.4, 0.5) is 10.5 Å². The van der Waals surface area contributed by atoms with Crippen LogP contribution in [0.3, 0.4) is 0 Å². The number of benzene rings is 1. The van der Waals surface area contributed by atoms with E-state index in [9.17, 15) is 4.79 Å². The molecule has 0 saturated carbocycles. The summed E-state index contributed by atoms with van der Waals surface area (Å²) < 4.78 is 6.98. The van der Waals surface area contributed by atoms with Gasteiger partial charge >= 0.3 is 6.09 Å². The lowest BCUT2D eigenvalue weighted by Gasteiger charge is -2.20. The first-order valence-corrected chi connectivity index (χ1v) is 7.25. The van der Waals surface area contributed by atoms with Gasteiger partial charge in [-0.1, -0.05) is 12.1 Å². The number of aromatic nitrogens is 2. The topological polar surface area (TPSA) is 68.2 Å². The van der Waals surface area contributed by atoms with E-state index < -0.39 is 11.7 Å². The Morgan fingerprint density at radius 2 is 2.00 bits per heavy atom. The smallest absolute Gasteiger partial charge is 0.407 e. The van der Waals surface area contributed by atoms with Crippen LogP contribution < -0.4 is 10.6 Å². The molecule has 2 N–H and O–H groups in total. The molecule has 6 heteroatoms. The molecule has 118 valence electrons. The van der Waals surface area contributed by atoms with Crippen LogP contribution in [0.25, 0.3) is 5.69 Å². The summed E-state index contributed by atoms with van der Waals surface area (Å²) in [7, 11) is 0. The Balaban J connectivity index is 1.84. The van der Waals surface area contributed by atoms with Crippen molar-refractivity contribution in [1.82, 2.24) is 15.1 Å². The monoisotopic (exact) mass is 302 g/mol.